The lowest BCUT2D eigenvalue weighted by Crippen LogP contribution is -2.38. The Balaban J connectivity index is 1.72. The summed E-state index contributed by atoms with van der Waals surface area (Å²) in [7, 11) is -4.36. The van der Waals surface area contributed by atoms with Gasteiger partial charge in [-0.15, -0.1) is 0 Å². The molecule has 1 aliphatic rings. The van der Waals surface area contributed by atoms with E-state index in [9.17, 15) is 22.3 Å². The highest BCUT2D eigenvalue weighted by Crippen LogP contribution is 2.30. The molecule has 3 rings (SSSR count). The molecule has 0 saturated carbocycles. The van der Waals surface area contributed by atoms with E-state index in [4.69, 9.17) is 16.3 Å². The van der Waals surface area contributed by atoms with Crippen LogP contribution in [0.3, 0.4) is 0 Å². The Morgan fingerprint density at radius 1 is 1.13 bits per heavy atom. The Labute approximate surface area is 180 Å². The average molecular weight is 460 g/mol. The topological polar surface area (TPSA) is 66.8 Å². The maximum atomic E-state index is 14.0. The fourth-order valence-electron chi connectivity index (χ4n) is 3.60. The van der Waals surface area contributed by atoms with Crippen molar-refractivity contribution in [1.29, 1.82) is 0 Å². The minimum atomic E-state index is -4.36. The van der Waals surface area contributed by atoms with Crippen molar-refractivity contribution in [3.63, 3.8) is 0 Å². The lowest BCUT2D eigenvalue weighted by atomic mass is 9.96. The number of halogens is 3. The molecule has 1 fully saturated rings. The fourth-order valence-corrected chi connectivity index (χ4v) is 5.30. The zero-order chi connectivity index (χ0) is 22.1. The van der Waals surface area contributed by atoms with Crippen LogP contribution < -0.4 is 4.74 Å². The van der Waals surface area contributed by atoms with Crippen LogP contribution in [0.1, 0.15) is 30.4 Å². The van der Waals surface area contributed by atoms with Crippen molar-refractivity contribution < 1.29 is 27.0 Å². The molecule has 1 unspecified atom stereocenters. The number of benzene rings is 2. The molecule has 1 atom stereocenters. The second-order valence-corrected chi connectivity index (χ2v) is 9.95. The molecule has 0 spiro atoms. The Kier molecular flexibility index (Phi) is 6.72. The zero-order valence-corrected chi connectivity index (χ0v) is 18.4. The van der Waals surface area contributed by atoms with Gasteiger partial charge in [0.15, 0.2) is 4.90 Å². The van der Waals surface area contributed by atoms with Crippen molar-refractivity contribution in [2.24, 2.45) is 0 Å². The first-order valence-corrected chi connectivity index (χ1v) is 11.4. The number of aryl methyl sites for hydroxylation is 2. The van der Waals surface area contributed by atoms with E-state index in [1.165, 1.54) is 0 Å². The predicted molar refractivity (Wildman–Crippen MR) is 110 cm³/mol. The first kappa shape index (κ1) is 22.9. The van der Waals surface area contributed by atoms with Crippen molar-refractivity contribution in [2.75, 3.05) is 19.7 Å². The molecule has 0 amide bonds. The molecular formula is C21H24ClF2NO4S. The van der Waals surface area contributed by atoms with Gasteiger partial charge in [0.25, 0.3) is 0 Å². The second-order valence-electron chi connectivity index (χ2n) is 7.69. The van der Waals surface area contributed by atoms with Crippen LogP contribution in [0.25, 0.3) is 0 Å². The number of sulfonamides is 1. The summed E-state index contributed by atoms with van der Waals surface area (Å²) in [5.74, 6) is -1.71. The van der Waals surface area contributed by atoms with Crippen LogP contribution in [0.4, 0.5) is 8.78 Å². The Hall–Kier alpha value is -1.74. The van der Waals surface area contributed by atoms with Crippen LogP contribution in [0.5, 0.6) is 5.75 Å². The molecule has 1 N–H and O–H groups in total. The molecule has 2 aromatic rings. The molecule has 1 heterocycles. The van der Waals surface area contributed by atoms with Crippen molar-refractivity contribution in [3.05, 3.63) is 58.1 Å². The van der Waals surface area contributed by atoms with Gasteiger partial charge in [-0.2, -0.15) is 4.31 Å². The SMILES string of the molecule is Cc1cc(OCC2(O)CCCN(S(=O)(=O)c3c(F)cccc3F)CC2)cc(C)c1Cl. The number of aliphatic hydroxyl groups is 1. The fraction of sp³-hybridized carbons (Fsp3) is 0.429. The van der Waals surface area contributed by atoms with Gasteiger partial charge >= 0.3 is 0 Å². The van der Waals surface area contributed by atoms with E-state index in [0.717, 1.165) is 33.6 Å². The van der Waals surface area contributed by atoms with Crippen molar-refractivity contribution in [2.45, 2.75) is 43.6 Å². The van der Waals surface area contributed by atoms with E-state index < -0.39 is 32.2 Å². The number of hydrogen-bond acceptors (Lipinski definition) is 4. The third kappa shape index (κ3) is 4.77. The molecular weight excluding hydrogens is 436 g/mol. The van der Waals surface area contributed by atoms with Crippen LogP contribution in [-0.4, -0.2) is 43.1 Å². The highest BCUT2D eigenvalue weighted by atomic mass is 35.5. The van der Waals surface area contributed by atoms with Crippen LogP contribution in [0.2, 0.25) is 5.02 Å². The quantitative estimate of drug-likeness (QED) is 0.727. The summed E-state index contributed by atoms with van der Waals surface area (Å²) in [5, 5.41) is 11.6. The van der Waals surface area contributed by atoms with Gasteiger partial charge in [-0.3, -0.25) is 0 Å². The molecule has 0 radical (unpaired) electrons. The summed E-state index contributed by atoms with van der Waals surface area (Å²) in [6, 6.07) is 6.48. The highest BCUT2D eigenvalue weighted by Gasteiger charge is 2.37. The van der Waals surface area contributed by atoms with Gasteiger partial charge in [0.05, 0.1) is 5.60 Å². The third-order valence-electron chi connectivity index (χ3n) is 5.31. The second kappa shape index (κ2) is 8.78. The Morgan fingerprint density at radius 2 is 1.73 bits per heavy atom. The van der Waals surface area contributed by atoms with Gasteiger partial charge in [0.2, 0.25) is 10.0 Å². The number of rotatable bonds is 5. The van der Waals surface area contributed by atoms with Gasteiger partial charge in [-0.25, -0.2) is 17.2 Å². The molecule has 30 heavy (non-hydrogen) atoms. The molecule has 1 aliphatic heterocycles. The van der Waals surface area contributed by atoms with Crippen molar-refractivity contribution >= 4 is 21.6 Å². The minimum Gasteiger partial charge on any atom is -0.491 e. The molecule has 2 aromatic carbocycles. The van der Waals surface area contributed by atoms with Gasteiger partial charge in [0, 0.05) is 18.1 Å². The lowest BCUT2D eigenvalue weighted by molar-refractivity contribution is -0.0156. The molecule has 0 bridgehead atoms. The Morgan fingerprint density at radius 3 is 2.33 bits per heavy atom. The van der Waals surface area contributed by atoms with Gasteiger partial charge in [-0.1, -0.05) is 17.7 Å². The summed E-state index contributed by atoms with van der Waals surface area (Å²) in [6.07, 6.45) is 0.700. The highest BCUT2D eigenvalue weighted by molar-refractivity contribution is 7.89. The number of nitrogens with zero attached hydrogens (tertiary/aromatic N) is 1. The molecule has 0 aromatic heterocycles. The van der Waals surface area contributed by atoms with Crippen LogP contribution in [-0.2, 0) is 10.0 Å². The maximum absolute atomic E-state index is 14.0. The van der Waals surface area contributed by atoms with Gasteiger partial charge in [0.1, 0.15) is 24.0 Å². The summed E-state index contributed by atoms with van der Waals surface area (Å²) >= 11 is 6.16. The van der Waals surface area contributed by atoms with Crippen molar-refractivity contribution in [1.82, 2.24) is 4.31 Å². The van der Waals surface area contributed by atoms with E-state index in [1.807, 2.05) is 13.8 Å². The first-order chi connectivity index (χ1) is 14.0. The summed E-state index contributed by atoms with van der Waals surface area (Å²) in [4.78, 5) is -0.959. The Bertz CT molecular complexity index is 1000. The lowest BCUT2D eigenvalue weighted by Gasteiger charge is -2.27. The largest absolute Gasteiger partial charge is 0.491 e. The number of ether oxygens (including phenoxy) is 1. The van der Waals surface area contributed by atoms with E-state index in [2.05, 4.69) is 0 Å². The van der Waals surface area contributed by atoms with Crippen LogP contribution in [0, 0.1) is 25.5 Å². The molecule has 5 nitrogen and oxygen atoms in total. The van der Waals surface area contributed by atoms with Gasteiger partial charge in [-0.05, 0) is 68.5 Å². The molecule has 9 heteroatoms. The molecule has 1 saturated heterocycles. The average Bonchev–Trinajstić information content (AvgIpc) is 2.87. The predicted octanol–water partition coefficient (Wildman–Crippen LogP) is 4.22. The van der Waals surface area contributed by atoms with Crippen LogP contribution >= 0.6 is 11.6 Å². The molecule has 0 aliphatic carbocycles. The van der Waals surface area contributed by atoms with Crippen LogP contribution in [0.15, 0.2) is 35.2 Å². The maximum Gasteiger partial charge on any atom is 0.248 e. The van der Waals surface area contributed by atoms with E-state index >= 15 is 0 Å². The van der Waals surface area contributed by atoms with E-state index in [1.54, 1.807) is 12.1 Å². The minimum absolute atomic E-state index is 0.0323. The molecule has 164 valence electrons. The standard InChI is InChI=1S/C21H24ClF2NO4S/c1-14-11-16(12-15(2)19(14)22)29-13-21(26)7-4-9-25(10-8-21)30(27,28)20-17(23)5-3-6-18(20)24/h3,5-6,11-12,26H,4,7-10,13H2,1-2H3. The first-order valence-electron chi connectivity index (χ1n) is 9.60. The van der Waals surface area contributed by atoms with E-state index in [0.29, 0.717) is 23.6 Å². The smallest absolute Gasteiger partial charge is 0.248 e. The normalized spacial score (nSPS) is 20.7. The third-order valence-corrected chi connectivity index (χ3v) is 7.86. The zero-order valence-electron chi connectivity index (χ0n) is 16.8. The van der Waals surface area contributed by atoms with E-state index in [-0.39, 0.29) is 26.1 Å². The monoisotopic (exact) mass is 459 g/mol. The number of hydrogen-bond donors (Lipinski definition) is 1. The van der Waals surface area contributed by atoms with Gasteiger partial charge < -0.3 is 9.84 Å². The summed E-state index contributed by atoms with van der Waals surface area (Å²) < 4.78 is 60.4. The van der Waals surface area contributed by atoms with Crippen molar-refractivity contribution in [3.8, 4) is 5.75 Å². The summed E-state index contributed by atoms with van der Waals surface area (Å²) in [6.45, 7) is 3.65. The summed E-state index contributed by atoms with van der Waals surface area (Å²) in [5.41, 5.74) is 0.437.